The van der Waals surface area contributed by atoms with Crippen molar-refractivity contribution in [2.24, 2.45) is 7.05 Å². The zero-order valence-electron chi connectivity index (χ0n) is 11.2. The van der Waals surface area contributed by atoms with E-state index in [4.69, 9.17) is 9.52 Å². The summed E-state index contributed by atoms with van der Waals surface area (Å²) in [5.74, 6) is -0.485. The Balaban J connectivity index is 1.99. The van der Waals surface area contributed by atoms with Crippen LogP contribution < -0.4 is 5.32 Å². The Morgan fingerprint density at radius 1 is 1.58 bits per heavy atom. The van der Waals surface area contributed by atoms with Crippen LogP contribution in [0.5, 0.6) is 0 Å². The summed E-state index contributed by atoms with van der Waals surface area (Å²) >= 11 is 0. The molecule has 0 aliphatic heterocycles. The molecule has 102 valence electrons. The average Bonchev–Trinajstić information content (AvgIpc) is 2.93. The van der Waals surface area contributed by atoms with Crippen molar-refractivity contribution < 1.29 is 14.3 Å². The quantitative estimate of drug-likeness (QED) is 0.860. The molecule has 0 aliphatic carbocycles. The predicted molar refractivity (Wildman–Crippen MR) is 68.9 cm³/mol. The van der Waals surface area contributed by atoms with Gasteiger partial charge in [0.25, 0.3) is 0 Å². The molecule has 0 bridgehead atoms. The Morgan fingerprint density at radius 3 is 2.84 bits per heavy atom. The number of furan rings is 1. The molecule has 2 rings (SSSR count). The Hall–Kier alpha value is -2.08. The van der Waals surface area contributed by atoms with Crippen LogP contribution in [-0.2, 0) is 13.6 Å². The molecule has 0 aromatic carbocycles. The van der Waals surface area contributed by atoms with E-state index in [1.54, 1.807) is 10.7 Å². The third-order valence-corrected chi connectivity index (χ3v) is 2.98. The molecule has 0 aliphatic rings. The van der Waals surface area contributed by atoms with Crippen LogP contribution >= 0.6 is 0 Å². The molecule has 1 unspecified atom stereocenters. The molecular weight excluding hydrogens is 246 g/mol. The third kappa shape index (κ3) is 3.03. The molecule has 0 saturated carbocycles. The number of rotatable bonds is 5. The van der Waals surface area contributed by atoms with Gasteiger partial charge in [0.2, 0.25) is 5.76 Å². The van der Waals surface area contributed by atoms with Gasteiger partial charge in [-0.2, -0.15) is 5.10 Å². The summed E-state index contributed by atoms with van der Waals surface area (Å²) in [4.78, 5) is 10.7. The number of aromatic nitrogens is 2. The summed E-state index contributed by atoms with van der Waals surface area (Å²) in [5.41, 5.74) is 2.09. The van der Waals surface area contributed by atoms with E-state index in [0.29, 0.717) is 12.3 Å². The predicted octanol–water partition coefficient (Wildman–Crippen LogP) is 1.87. The van der Waals surface area contributed by atoms with Gasteiger partial charge in [0, 0.05) is 25.4 Å². The van der Waals surface area contributed by atoms with Gasteiger partial charge in [0.15, 0.2) is 0 Å². The first-order valence-electron chi connectivity index (χ1n) is 6.03. The molecule has 2 aromatic heterocycles. The molecule has 0 fully saturated rings. The second-order valence-corrected chi connectivity index (χ2v) is 4.52. The van der Waals surface area contributed by atoms with Crippen LogP contribution in [0.4, 0.5) is 0 Å². The van der Waals surface area contributed by atoms with Crippen LogP contribution in [0.15, 0.2) is 22.7 Å². The lowest BCUT2D eigenvalue weighted by molar-refractivity contribution is 0.0659. The molecule has 19 heavy (non-hydrogen) atoms. The summed E-state index contributed by atoms with van der Waals surface area (Å²) in [6.07, 6.45) is 1.96. The van der Waals surface area contributed by atoms with Gasteiger partial charge < -0.3 is 14.8 Å². The van der Waals surface area contributed by atoms with Crippen LogP contribution in [0.2, 0.25) is 0 Å². The van der Waals surface area contributed by atoms with E-state index in [1.807, 2.05) is 27.1 Å². The van der Waals surface area contributed by atoms with Crippen LogP contribution in [0.1, 0.15) is 40.5 Å². The molecule has 0 saturated heterocycles. The SMILES string of the molecule is Cc1nn(C)cc1CNC(C)c1ccc(C(=O)O)o1. The Morgan fingerprint density at radius 2 is 2.32 bits per heavy atom. The van der Waals surface area contributed by atoms with E-state index in [1.165, 1.54) is 6.07 Å². The summed E-state index contributed by atoms with van der Waals surface area (Å²) in [7, 11) is 1.88. The lowest BCUT2D eigenvalue weighted by Gasteiger charge is -2.10. The fourth-order valence-electron chi connectivity index (χ4n) is 1.89. The maximum absolute atomic E-state index is 10.7. The van der Waals surface area contributed by atoms with Crippen molar-refractivity contribution in [3.8, 4) is 0 Å². The molecule has 1 atom stereocenters. The zero-order chi connectivity index (χ0) is 14.0. The summed E-state index contributed by atoms with van der Waals surface area (Å²) in [5, 5.41) is 16.3. The molecule has 0 radical (unpaired) electrons. The van der Waals surface area contributed by atoms with Gasteiger partial charge >= 0.3 is 5.97 Å². The lowest BCUT2D eigenvalue weighted by Crippen LogP contribution is -2.17. The standard InChI is InChI=1S/C13H17N3O3/c1-8-10(7-16(3)15-8)6-14-9(2)11-4-5-12(19-11)13(17)18/h4-5,7,9,14H,6H2,1-3H3,(H,17,18). The van der Waals surface area contributed by atoms with Crippen molar-refractivity contribution in [3.63, 3.8) is 0 Å². The van der Waals surface area contributed by atoms with Crippen LogP contribution in [0, 0.1) is 6.92 Å². The number of hydrogen-bond donors (Lipinski definition) is 2. The number of nitrogens with one attached hydrogen (secondary N) is 1. The van der Waals surface area contributed by atoms with Gasteiger partial charge in [-0.25, -0.2) is 4.79 Å². The number of carboxylic acids is 1. The molecule has 2 N–H and O–H groups in total. The highest BCUT2D eigenvalue weighted by molar-refractivity contribution is 5.84. The fourth-order valence-corrected chi connectivity index (χ4v) is 1.89. The molecule has 6 heteroatoms. The fraction of sp³-hybridized carbons (Fsp3) is 0.385. The monoisotopic (exact) mass is 263 g/mol. The number of hydrogen-bond acceptors (Lipinski definition) is 4. The van der Waals surface area contributed by atoms with E-state index < -0.39 is 5.97 Å². The van der Waals surface area contributed by atoms with Crippen molar-refractivity contribution in [3.05, 3.63) is 41.1 Å². The largest absolute Gasteiger partial charge is 0.475 e. The molecular formula is C13H17N3O3. The van der Waals surface area contributed by atoms with Gasteiger partial charge in [0.05, 0.1) is 11.7 Å². The van der Waals surface area contributed by atoms with Crippen molar-refractivity contribution >= 4 is 5.97 Å². The first-order chi connectivity index (χ1) is 8.97. The summed E-state index contributed by atoms with van der Waals surface area (Å²) < 4.78 is 7.02. The van der Waals surface area contributed by atoms with E-state index in [0.717, 1.165) is 11.3 Å². The highest BCUT2D eigenvalue weighted by Gasteiger charge is 2.14. The number of aromatic carboxylic acids is 1. The number of carboxylic acid groups (broad SMARTS) is 1. The Kier molecular flexibility index (Phi) is 3.71. The van der Waals surface area contributed by atoms with Crippen molar-refractivity contribution in [1.82, 2.24) is 15.1 Å². The van der Waals surface area contributed by atoms with Gasteiger partial charge in [0.1, 0.15) is 5.76 Å². The number of nitrogens with zero attached hydrogens (tertiary/aromatic N) is 2. The third-order valence-electron chi connectivity index (χ3n) is 2.98. The summed E-state index contributed by atoms with van der Waals surface area (Å²) in [6.45, 7) is 4.54. The zero-order valence-corrected chi connectivity index (χ0v) is 11.2. The van der Waals surface area contributed by atoms with Crippen molar-refractivity contribution in [2.45, 2.75) is 26.4 Å². The highest BCUT2D eigenvalue weighted by Crippen LogP contribution is 2.17. The van der Waals surface area contributed by atoms with Crippen LogP contribution in [0.25, 0.3) is 0 Å². The minimum absolute atomic E-state index is 0.0405. The van der Waals surface area contributed by atoms with E-state index in [-0.39, 0.29) is 11.8 Å². The van der Waals surface area contributed by atoms with Gasteiger partial charge in [-0.3, -0.25) is 4.68 Å². The van der Waals surface area contributed by atoms with E-state index in [9.17, 15) is 4.79 Å². The summed E-state index contributed by atoms with van der Waals surface area (Å²) in [6, 6.07) is 3.08. The highest BCUT2D eigenvalue weighted by atomic mass is 16.4. The van der Waals surface area contributed by atoms with Gasteiger partial charge in [-0.05, 0) is 26.0 Å². The smallest absolute Gasteiger partial charge is 0.371 e. The maximum atomic E-state index is 10.7. The molecule has 0 spiro atoms. The minimum atomic E-state index is -1.05. The second kappa shape index (κ2) is 5.27. The van der Waals surface area contributed by atoms with Crippen molar-refractivity contribution in [1.29, 1.82) is 0 Å². The first kappa shape index (κ1) is 13.4. The van der Waals surface area contributed by atoms with Crippen LogP contribution in [-0.4, -0.2) is 20.9 Å². The van der Waals surface area contributed by atoms with Gasteiger partial charge in [-0.15, -0.1) is 0 Å². The topological polar surface area (TPSA) is 80.3 Å². The van der Waals surface area contributed by atoms with Crippen LogP contribution in [0.3, 0.4) is 0 Å². The second-order valence-electron chi connectivity index (χ2n) is 4.52. The molecule has 2 aromatic rings. The molecule has 0 amide bonds. The van der Waals surface area contributed by atoms with E-state index in [2.05, 4.69) is 10.4 Å². The Labute approximate surface area is 111 Å². The normalized spacial score (nSPS) is 12.6. The lowest BCUT2D eigenvalue weighted by atomic mass is 10.2. The first-order valence-corrected chi connectivity index (χ1v) is 6.03. The van der Waals surface area contributed by atoms with Crippen molar-refractivity contribution in [2.75, 3.05) is 0 Å². The average molecular weight is 263 g/mol. The number of carbonyl (C=O) groups is 1. The van der Waals surface area contributed by atoms with E-state index >= 15 is 0 Å². The molecule has 6 nitrogen and oxygen atoms in total. The Bertz CT molecular complexity index is 586. The number of aryl methyl sites for hydroxylation is 2. The molecule has 2 heterocycles. The van der Waals surface area contributed by atoms with Gasteiger partial charge in [-0.1, -0.05) is 0 Å². The minimum Gasteiger partial charge on any atom is -0.475 e. The maximum Gasteiger partial charge on any atom is 0.371 e.